The van der Waals surface area contributed by atoms with Crippen LogP contribution >= 0.6 is 0 Å². The van der Waals surface area contributed by atoms with E-state index in [0.717, 1.165) is 0 Å². The Balaban J connectivity index is 2.30. The molecule has 2 aromatic carbocycles. The molecule has 2 rings (SSSR count). The summed E-state index contributed by atoms with van der Waals surface area (Å²) in [6.45, 7) is 0. The molecule has 0 radical (unpaired) electrons. The van der Waals surface area contributed by atoms with E-state index in [1.54, 1.807) is 6.07 Å². The summed E-state index contributed by atoms with van der Waals surface area (Å²) in [4.78, 5) is 11.4. The molecule has 5 heteroatoms. The molecule has 0 atom stereocenters. The highest BCUT2D eigenvalue weighted by atomic mass is 19.1. The normalized spacial score (nSPS) is 10.0. The molecule has 0 unspecified atom stereocenters. The number of carbonyl (C=O) groups excluding carboxylic acids is 1. The number of methoxy groups -OCH3 is 1. The van der Waals surface area contributed by atoms with E-state index in [4.69, 9.17) is 10.5 Å². The zero-order valence-corrected chi connectivity index (χ0v) is 10.2. The average Bonchev–Trinajstić information content (AvgIpc) is 2.37. The summed E-state index contributed by atoms with van der Waals surface area (Å²) < 4.78 is 23.1. The maximum absolute atomic E-state index is 13.0. The van der Waals surface area contributed by atoms with Crippen molar-refractivity contribution >= 4 is 11.7 Å². The average molecular weight is 261 g/mol. The number of halogens is 1. The van der Waals surface area contributed by atoms with Crippen LogP contribution in [0.1, 0.15) is 10.4 Å². The van der Waals surface area contributed by atoms with Crippen LogP contribution in [0.5, 0.6) is 11.5 Å². The van der Waals surface area contributed by atoms with Gasteiger partial charge in [-0.1, -0.05) is 6.07 Å². The van der Waals surface area contributed by atoms with E-state index in [-0.39, 0.29) is 5.56 Å². The van der Waals surface area contributed by atoms with Gasteiger partial charge in [-0.3, -0.25) is 0 Å². The summed E-state index contributed by atoms with van der Waals surface area (Å²) in [5.41, 5.74) is 6.30. The molecule has 0 bridgehead atoms. The Morgan fingerprint density at radius 1 is 1.16 bits per heavy atom. The van der Waals surface area contributed by atoms with Gasteiger partial charge in [0.1, 0.15) is 17.3 Å². The van der Waals surface area contributed by atoms with Crippen LogP contribution in [0.2, 0.25) is 0 Å². The van der Waals surface area contributed by atoms with Crippen LogP contribution in [-0.2, 0) is 4.74 Å². The Morgan fingerprint density at radius 2 is 1.95 bits per heavy atom. The van der Waals surface area contributed by atoms with Gasteiger partial charge in [-0.05, 0) is 24.3 Å². The highest BCUT2D eigenvalue weighted by molar-refractivity contribution is 5.91. The predicted octanol–water partition coefficient (Wildman–Crippen LogP) is 2.99. The lowest BCUT2D eigenvalue weighted by Crippen LogP contribution is -2.02. The third-order valence-corrected chi connectivity index (χ3v) is 2.38. The summed E-state index contributed by atoms with van der Waals surface area (Å²) in [5, 5.41) is 0. The highest BCUT2D eigenvalue weighted by Crippen LogP contribution is 2.25. The van der Waals surface area contributed by atoms with Gasteiger partial charge in [-0.25, -0.2) is 9.18 Å². The van der Waals surface area contributed by atoms with Gasteiger partial charge in [-0.2, -0.15) is 0 Å². The summed E-state index contributed by atoms with van der Waals surface area (Å²) >= 11 is 0. The summed E-state index contributed by atoms with van der Waals surface area (Å²) in [6.07, 6.45) is 0. The first-order chi connectivity index (χ1) is 9.08. The first-order valence-corrected chi connectivity index (χ1v) is 5.51. The summed E-state index contributed by atoms with van der Waals surface area (Å²) in [7, 11) is 1.28. The topological polar surface area (TPSA) is 61.5 Å². The second-order valence-electron chi connectivity index (χ2n) is 3.84. The number of nitrogen functional groups attached to an aromatic ring is 1. The molecule has 0 saturated heterocycles. The van der Waals surface area contributed by atoms with Crippen molar-refractivity contribution in [1.82, 2.24) is 0 Å². The molecular formula is C14H12FNO3. The van der Waals surface area contributed by atoms with Crippen LogP contribution in [0.3, 0.4) is 0 Å². The number of hydrogen-bond donors (Lipinski definition) is 1. The molecule has 0 heterocycles. The predicted molar refractivity (Wildman–Crippen MR) is 68.7 cm³/mol. The van der Waals surface area contributed by atoms with Gasteiger partial charge in [0.25, 0.3) is 0 Å². The molecule has 0 aliphatic carbocycles. The van der Waals surface area contributed by atoms with E-state index in [2.05, 4.69) is 4.74 Å². The standard InChI is InChI=1S/C14H12FNO3/c1-18-14(17)9-5-11(16)8-13(6-9)19-12-4-2-3-10(15)7-12/h2-8H,16H2,1H3. The molecular weight excluding hydrogens is 249 g/mol. The fourth-order valence-electron chi connectivity index (χ4n) is 1.58. The lowest BCUT2D eigenvalue weighted by molar-refractivity contribution is 0.0600. The molecule has 2 aromatic rings. The quantitative estimate of drug-likeness (QED) is 0.681. The van der Waals surface area contributed by atoms with Crippen molar-refractivity contribution in [3.63, 3.8) is 0 Å². The first kappa shape index (κ1) is 12.9. The number of nitrogens with two attached hydrogens (primary N) is 1. The summed E-state index contributed by atoms with van der Waals surface area (Å²) in [6, 6.07) is 10.2. The lowest BCUT2D eigenvalue weighted by atomic mass is 10.2. The molecule has 0 amide bonds. The Hall–Kier alpha value is -2.56. The Morgan fingerprint density at radius 3 is 2.63 bits per heavy atom. The molecule has 0 spiro atoms. The van der Waals surface area contributed by atoms with Gasteiger partial charge < -0.3 is 15.2 Å². The number of ether oxygens (including phenoxy) is 2. The van der Waals surface area contributed by atoms with Crippen LogP contribution in [0.15, 0.2) is 42.5 Å². The van der Waals surface area contributed by atoms with Crippen molar-refractivity contribution < 1.29 is 18.7 Å². The van der Waals surface area contributed by atoms with Crippen molar-refractivity contribution in [2.24, 2.45) is 0 Å². The van der Waals surface area contributed by atoms with Gasteiger partial charge >= 0.3 is 5.97 Å². The number of hydrogen-bond acceptors (Lipinski definition) is 4. The minimum atomic E-state index is -0.517. The molecule has 0 aliphatic rings. The molecule has 4 nitrogen and oxygen atoms in total. The van der Waals surface area contributed by atoms with Crippen LogP contribution in [-0.4, -0.2) is 13.1 Å². The lowest BCUT2D eigenvalue weighted by Gasteiger charge is -2.08. The molecule has 2 N–H and O–H groups in total. The first-order valence-electron chi connectivity index (χ1n) is 5.51. The number of benzene rings is 2. The number of carbonyl (C=O) groups is 1. The zero-order chi connectivity index (χ0) is 13.8. The van der Waals surface area contributed by atoms with Crippen LogP contribution in [0, 0.1) is 5.82 Å². The molecule has 0 aromatic heterocycles. The fourth-order valence-corrected chi connectivity index (χ4v) is 1.58. The molecule has 19 heavy (non-hydrogen) atoms. The van der Waals surface area contributed by atoms with Gasteiger partial charge in [0.2, 0.25) is 0 Å². The van der Waals surface area contributed by atoms with E-state index in [1.807, 2.05) is 0 Å². The second-order valence-corrected chi connectivity index (χ2v) is 3.84. The molecule has 98 valence electrons. The Kier molecular flexibility index (Phi) is 3.66. The van der Waals surface area contributed by atoms with Crippen molar-refractivity contribution in [2.45, 2.75) is 0 Å². The third kappa shape index (κ3) is 3.22. The van der Waals surface area contributed by atoms with Crippen molar-refractivity contribution in [3.05, 3.63) is 53.8 Å². The van der Waals surface area contributed by atoms with E-state index >= 15 is 0 Å². The SMILES string of the molecule is COC(=O)c1cc(N)cc(Oc2cccc(F)c2)c1. The Bertz CT molecular complexity index is 613. The monoisotopic (exact) mass is 261 g/mol. The number of esters is 1. The van der Waals surface area contributed by atoms with Crippen LogP contribution < -0.4 is 10.5 Å². The fraction of sp³-hybridized carbons (Fsp3) is 0.0714. The summed E-state index contributed by atoms with van der Waals surface area (Å²) in [5.74, 6) is -0.265. The van der Waals surface area contributed by atoms with Crippen LogP contribution in [0.4, 0.5) is 10.1 Å². The van der Waals surface area contributed by atoms with Gasteiger partial charge in [-0.15, -0.1) is 0 Å². The smallest absolute Gasteiger partial charge is 0.338 e. The van der Waals surface area contributed by atoms with Gasteiger partial charge in [0.05, 0.1) is 12.7 Å². The molecule has 0 fully saturated rings. The number of anilines is 1. The minimum absolute atomic E-state index is 0.272. The number of rotatable bonds is 3. The van der Waals surface area contributed by atoms with Crippen molar-refractivity contribution in [2.75, 3.05) is 12.8 Å². The van der Waals surface area contributed by atoms with Gasteiger partial charge in [0, 0.05) is 17.8 Å². The maximum atomic E-state index is 13.0. The largest absolute Gasteiger partial charge is 0.465 e. The third-order valence-electron chi connectivity index (χ3n) is 2.38. The second kappa shape index (κ2) is 5.39. The minimum Gasteiger partial charge on any atom is -0.465 e. The Labute approximate surface area is 109 Å². The van der Waals surface area contributed by atoms with Gasteiger partial charge in [0.15, 0.2) is 0 Å². The van der Waals surface area contributed by atoms with E-state index in [9.17, 15) is 9.18 Å². The zero-order valence-electron chi connectivity index (χ0n) is 10.2. The van der Waals surface area contributed by atoms with Crippen LogP contribution in [0.25, 0.3) is 0 Å². The van der Waals surface area contributed by atoms with Crippen molar-refractivity contribution in [3.8, 4) is 11.5 Å². The van der Waals surface area contributed by atoms with E-state index < -0.39 is 11.8 Å². The van der Waals surface area contributed by atoms with E-state index in [1.165, 1.54) is 43.5 Å². The van der Waals surface area contributed by atoms with Crippen molar-refractivity contribution in [1.29, 1.82) is 0 Å². The maximum Gasteiger partial charge on any atom is 0.338 e. The molecule has 0 saturated carbocycles. The van der Waals surface area contributed by atoms with E-state index in [0.29, 0.717) is 17.2 Å². The highest BCUT2D eigenvalue weighted by Gasteiger charge is 2.09. The molecule has 0 aliphatic heterocycles.